The number of carbonyl (C=O) groups excluding carboxylic acids is 1. The van der Waals surface area contributed by atoms with Gasteiger partial charge >= 0.3 is 5.69 Å². The Labute approximate surface area is 173 Å². The molecule has 1 aromatic heterocycles. The molecule has 0 spiro atoms. The van der Waals surface area contributed by atoms with Crippen molar-refractivity contribution in [3.63, 3.8) is 0 Å². The molecule has 30 heavy (non-hydrogen) atoms. The number of aromatic nitrogens is 2. The van der Waals surface area contributed by atoms with E-state index >= 15 is 0 Å². The Hall–Kier alpha value is -3.81. The number of benzene rings is 2. The van der Waals surface area contributed by atoms with Gasteiger partial charge < -0.3 is 15.4 Å². The lowest BCUT2D eigenvalue weighted by Crippen LogP contribution is -2.43. The largest absolute Gasteiger partial charge is 0.484 e. The molecule has 3 N–H and O–H groups in total. The van der Waals surface area contributed by atoms with E-state index in [1.54, 1.807) is 24.3 Å². The van der Waals surface area contributed by atoms with Crippen LogP contribution in [0.2, 0.25) is 0 Å². The maximum Gasteiger partial charge on any atom is 0.330 e. The highest BCUT2D eigenvalue weighted by Gasteiger charge is 2.24. The average Bonchev–Trinajstić information content (AvgIpc) is 2.75. The van der Waals surface area contributed by atoms with Gasteiger partial charge in [-0.25, -0.2) is 4.79 Å². The van der Waals surface area contributed by atoms with Gasteiger partial charge in [0.15, 0.2) is 12.3 Å². The zero-order valence-corrected chi connectivity index (χ0v) is 16.7. The van der Waals surface area contributed by atoms with Crippen molar-refractivity contribution in [3.05, 3.63) is 87.1 Å². The van der Waals surface area contributed by atoms with Gasteiger partial charge in [0.25, 0.3) is 11.5 Å². The van der Waals surface area contributed by atoms with Gasteiger partial charge in [0.1, 0.15) is 11.6 Å². The second kappa shape index (κ2) is 9.60. The number of para-hydroxylation sites is 1. The smallest absolute Gasteiger partial charge is 0.330 e. The van der Waals surface area contributed by atoms with Crippen LogP contribution in [0.15, 0.2) is 70.3 Å². The predicted molar refractivity (Wildman–Crippen MR) is 116 cm³/mol. The van der Waals surface area contributed by atoms with Crippen LogP contribution in [0, 0.1) is 0 Å². The summed E-state index contributed by atoms with van der Waals surface area (Å²) in [6.45, 7) is 2.04. The van der Waals surface area contributed by atoms with Gasteiger partial charge in [-0.15, -0.1) is 0 Å². The monoisotopic (exact) mass is 408 g/mol. The van der Waals surface area contributed by atoms with E-state index in [0.717, 1.165) is 5.56 Å². The van der Waals surface area contributed by atoms with Crippen molar-refractivity contribution >= 4 is 17.4 Å². The van der Waals surface area contributed by atoms with Crippen LogP contribution in [0.1, 0.15) is 18.9 Å². The van der Waals surface area contributed by atoms with Gasteiger partial charge in [-0.2, -0.15) is 0 Å². The minimum atomic E-state index is -0.705. The molecule has 1 amide bonds. The van der Waals surface area contributed by atoms with Crippen molar-refractivity contribution in [1.82, 2.24) is 9.55 Å². The maximum absolute atomic E-state index is 12.9. The molecule has 3 aromatic rings. The summed E-state index contributed by atoms with van der Waals surface area (Å²) in [4.78, 5) is 41.4. The SMILES string of the molecule is CCCN(C(=O)COc1ccccc1)c1c(N)n(Cc2ccccc2)c(=O)[nH]c1=O. The summed E-state index contributed by atoms with van der Waals surface area (Å²) in [5.74, 6) is 0.0511. The van der Waals surface area contributed by atoms with Crippen molar-refractivity contribution in [3.8, 4) is 5.75 Å². The molecule has 1 heterocycles. The molecule has 3 rings (SSSR count). The highest BCUT2D eigenvalue weighted by Crippen LogP contribution is 2.19. The molecule has 0 saturated carbocycles. The summed E-state index contributed by atoms with van der Waals surface area (Å²) < 4.78 is 6.78. The van der Waals surface area contributed by atoms with Crippen molar-refractivity contribution < 1.29 is 9.53 Å². The van der Waals surface area contributed by atoms with Crippen LogP contribution >= 0.6 is 0 Å². The van der Waals surface area contributed by atoms with Gasteiger partial charge in [-0.3, -0.25) is 19.1 Å². The van der Waals surface area contributed by atoms with Crippen molar-refractivity contribution in [1.29, 1.82) is 0 Å². The first-order valence-corrected chi connectivity index (χ1v) is 9.66. The molecule has 0 fully saturated rings. The normalized spacial score (nSPS) is 10.6. The summed E-state index contributed by atoms with van der Waals surface area (Å²) in [5, 5.41) is 0. The van der Waals surface area contributed by atoms with Gasteiger partial charge in [0.05, 0.1) is 6.54 Å². The molecule has 0 radical (unpaired) electrons. The number of ether oxygens (including phenoxy) is 1. The first kappa shape index (κ1) is 20.9. The summed E-state index contributed by atoms with van der Waals surface area (Å²) in [6, 6.07) is 18.2. The molecule has 0 atom stereocenters. The van der Waals surface area contributed by atoms with Crippen LogP contribution in [0.5, 0.6) is 5.75 Å². The molecule has 8 nitrogen and oxygen atoms in total. The highest BCUT2D eigenvalue weighted by atomic mass is 16.5. The number of nitrogens with zero attached hydrogens (tertiary/aromatic N) is 2. The molecule has 156 valence electrons. The van der Waals surface area contributed by atoms with E-state index in [1.807, 2.05) is 43.3 Å². The van der Waals surface area contributed by atoms with Crippen LogP contribution < -0.4 is 26.6 Å². The third kappa shape index (κ3) is 4.78. The lowest BCUT2D eigenvalue weighted by molar-refractivity contribution is -0.120. The number of nitrogens with two attached hydrogens (primary N) is 1. The summed E-state index contributed by atoms with van der Waals surface area (Å²) >= 11 is 0. The van der Waals surface area contributed by atoms with E-state index in [0.29, 0.717) is 12.2 Å². The Bertz CT molecular complexity index is 1110. The fourth-order valence-electron chi connectivity index (χ4n) is 3.09. The summed E-state index contributed by atoms with van der Waals surface area (Å²) in [6.07, 6.45) is 0.591. The molecule has 0 aliphatic rings. The molecule has 0 unspecified atom stereocenters. The van der Waals surface area contributed by atoms with Crippen LogP contribution in [0.3, 0.4) is 0 Å². The topological polar surface area (TPSA) is 110 Å². The number of nitrogen functional groups attached to an aromatic ring is 1. The number of amides is 1. The van der Waals surface area contributed by atoms with Crippen LogP contribution in [-0.2, 0) is 11.3 Å². The zero-order valence-electron chi connectivity index (χ0n) is 16.7. The van der Waals surface area contributed by atoms with E-state index in [2.05, 4.69) is 4.98 Å². The Morgan fingerprint density at radius 2 is 1.70 bits per heavy atom. The number of hydrogen-bond acceptors (Lipinski definition) is 5. The van der Waals surface area contributed by atoms with Crippen LogP contribution in [-0.4, -0.2) is 28.6 Å². The second-order valence-electron chi connectivity index (χ2n) is 6.71. The minimum absolute atomic E-state index is 0.0472. The Morgan fingerprint density at radius 1 is 1.07 bits per heavy atom. The molecule has 0 aliphatic heterocycles. The number of carbonyl (C=O) groups is 1. The molecule has 2 aromatic carbocycles. The van der Waals surface area contributed by atoms with E-state index in [1.165, 1.54) is 9.47 Å². The second-order valence-corrected chi connectivity index (χ2v) is 6.71. The standard InChI is InChI=1S/C22H24N4O4/c1-2-13-25(18(27)15-30-17-11-7-4-8-12-17)19-20(23)26(22(29)24-21(19)28)14-16-9-5-3-6-10-16/h3-12H,2,13-15,23H2,1H3,(H,24,28,29). The Morgan fingerprint density at radius 3 is 2.33 bits per heavy atom. The van der Waals surface area contributed by atoms with Crippen molar-refractivity contribution in [2.75, 3.05) is 23.8 Å². The van der Waals surface area contributed by atoms with E-state index in [4.69, 9.17) is 10.5 Å². The lowest BCUT2D eigenvalue weighted by atomic mass is 10.2. The maximum atomic E-state index is 12.9. The third-order valence-corrected chi connectivity index (χ3v) is 4.52. The molecule has 0 aliphatic carbocycles. The quantitative estimate of drug-likeness (QED) is 0.592. The van der Waals surface area contributed by atoms with Crippen molar-refractivity contribution in [2.45, 2.75) is 19.9 Å². The summed E-state index contributed by atoms with van der Waals surface area (Å²) in [7, 11) is 0. The Balaban J connectivity index is 1.93. The van der Waals surface area contributed by atoms with E-state index in [-0.39, 0.29) is 31.2 Å². The fraction of sp³-hybridized carbons (Fsp3) is 0.227. The number of anilines is 2. The number of rotatable bonds is 8. The average molecular weight is 408 g/mol. The van der Waals surface area contributed by atoms with Gasteiger partial charge in [0, 0.05) is 6.54 Å². The predicted octanol–water partition coefficient (Wildman–Crippen LogP) is 1.99. The van der Waals surface area contributed by atoms with E-state index in [9.17, 15) is 14.4 Å². The van der Waals surface area contributed by atoms with Crippen molar-refractivity contribution in [2.24, 2.45) is 0 Å². The van der Waals surface area contributed by atoms with Gasteiger partial charge in [-0.1, -0.05) is 55.5 Å². The lowest BCUT2D eigenvalue weighted by Gasteiger charge is -2.24. The number of hydrogen-bond donors (Lipinski definition) is 2. The summed E-state index contributed by atoms with van der Waals surface area (Å²) in [5.41, 5.74) is 5.67. The first-order valence-electron chi connectivity index (χ1n) is 9.66. The van der Waals surface area contributed by atoms with Crippen LogP contribution in [0.25, 0.3) is 0 Å². The molecular weight excluding hydrogens is 384 g/mol. The molecule has 8 heteroatoms. The van der Waals surface area contributed by atoms with E-state index < -0.39 is 17.2 Å². The number of aromatic amines is 1. The van der Waals surface area contributed by atoms with Gasteiger partial charge in [0.2, 0.25) is 0 Å². The highest BCUT2D eigenvalue weighted by molar-refractivity contribution is 5.96. The molecular formula is C22H24N4O4. The Kier molecular flexibility index (Phi) is 6.69. The van der Waals surface area contributed by atoms with Crippen LogP contribution in [0.4, 0.5) is 11.5 Å². The fourth-order valence-corrected chi connectivity index (χ4v) is 3.09. The minimum Gasteiger partial charge on any atom is -0.484 e. The zero-order chi connectivity index (χ0) is 21.5. The number of nitrogens with one attached hydrogen (secondary N) is 1. The first-order chi connectivity index (χ1) is 14.5. The molecule has 0 bridgehead atoms. The third-order valence-electron chi connectivity index (χ3n) is 4.52. The number of H-pyrrole nitrogens is 1. The molecule has 0 saturated heterocycles. The van der Waals surface area contributed by atoms with Gasteiger partial charge in [-0.05, 0) is 24.1 Å².